The number of phenols is 3. The lowest BCUT2D eigenvalue weighted by Gasteiger charge is -2.37. The van der Waals surface area contributed by atoms with Crippen LogP contribution in [0.3, 0.4) is 0 Å². The van der Waals surface area contributed by atoms with Crippen LogP contribution in [0, 0.1) is 40.9 Å². The van der Waals surface area contributed by atoms with Gasteiger partial charge in [0.1, 0.15) is 17.2 Å². The van der Waals surface area contributed by atoms with Gasteiger partial charge in [-0.05, 0) is 173 Å². The van der Waals surface area contributed by atoms with E-state index in [1.807, 2.05) is 0 Å². The van der Waals surface area contributed by atoms with E-state index in [1.54, 1.807) is 0 Å². The smallest absolute Gasteiger partial charge is 0.124 e. The van der Waals surface area contributed by atoms with Crippen molar-refractivity contribution in [2.75, 3.05) is 32.7 Å². The van der Waals surface area contributed by atoms with Crippen molar-refractivity contribution in [3.63, 3.8) is 0 Å². The third kappa shape index (κ3) is 12.4. The van der Waals surface area contributed by atoms with Gasteiger partial charge in [0, 0.05) is 65.9 Å². The molecule has 3 aromatic carbocycles. The Bertz CT molecular complexity index is 2000. The summed E-state index contributed by atoms with van der Waals surface area (Å²) in [5, 5.41) is 40.8. The van der Waals surface area contributed by atoms with Crippen molar-refractivity contribution in [3.05, 3.63) is 86.5 Å². The summed E-state index contributed by atoms with van der Waals surface area (Å²) in [7, 11) is 0. The molecule has 1 saturated carbocycles. The third-order valence-corrected chi connectivity index (χ3v) is 16.9. The fraction of sp³-hybridized carbons (Fsp3) is 0.695. The molecule has 0 heterocycles. The van der Waals surface area contributed by atoms with Gasteiger partial charge in [-0.2, -0.15) is 0 Å². The predicted octanol–water partition coefficient (Wildman–Crippen LogP) is 13.3. The van der Waals surface area contributed by atoms with Crippen LogP contribution >= 0.6 is 0 Å². The highest BCUT2D eigenvalue weighted by molar-refractivity contribution is 5.60. The molecule has 0 saturated heterocycles. The van der Waals surface area contributed by atoms with Gasteiger partial charge in [-0.3, -0.25) is 14.7 Å². The third-order valence-electron chi connectivity index (χ3n) is 16.9. The minimum Gasteiger partial charge on any atom is -0.507 e. The van der Waals surface area contributed by atoms with Crippen LogP contribution in [-0.2, 0) is 44.4 Å². The number of phenolic OH excluding ortho intramolecular Hbond substituents is 3. The minimum absolute atomic E-state index is 0.0833. The van der Waals surface area contributed by atoms with Crippen molar-refractivity contribution >= 4 is 0 Å². The van der Waals surface area contributed by atoms with Crippen LogP contribution in [-0.4, -0.2) is 74.8 Å². The lowest BCUT2D eigenvalue weighted by molar-refractivity contribution is 0.221. The van der Waals surface area contributed by atoms with E-state index in [-0.39, 0.29) is 5.41 Å². The van der Waals surface area contributed by atoms with Gasteiger partial charge in [0.15, 0.2) is 0 Å². The first-order chi connectivity index (χ1) is 31.1. The molecule has 1 fully saturated rings. The van der Waals surface area contributed by atoms with Crippen LogP contribution in [0.2, 0.25) is 0 Å². The van der Waals surface area contributed by atoms with Gasteiger partial charge in [0.25, 0.3) is 0 Å². The standard InChI is InChI=1S/C59H98N4O3/c1-19-25-44(42(15)38(7)8)26-45-27-51(31-49(55(45)64)36-62(23-5)40(11)12)59(18,53-30-48(35-61(21-3)22-4)57(66)50(32-53)37-63(24-6)41(13)14)52-28-46(56(65)47(29-52)34-60-20-2)33-58(17)43(16)54(58)39(9)10/h27-32,38-44,54,60,64-66H,19-26,33-37H2,1-18H3. The molecule has 6 atom stereocenters. The fourth-order valence-electron chi connectivity index (χ4n) is 11.8. The van der Waals surface area contributed by atoms with Crippen molar-refractivity contribution < 1.29 is 15.3 Å². The molecule has 0 bridgehead atoms. The van der Waals surface area contributed by atoms with Gasteiger partial charge >= 0.3 is 0 Å². The van der Waals surface area contributed by atoms with E-state index >= 15 is 0 Å². The summed E-state index contributed by atoms with van der Waals surface area (Å²) in [5.74, 6) is 4.36. The Morgan fingerprint density at radius 2 is 1.06 bits per heavy atom. The van der Waals surface area contributed by atoms with Crippen molar-refractivity contribution in [2.45, 2.75) is 194 Å². The number of hydrogen-bond acceptors (Lipinski definition) is 7. The second-order valence-electron chi connectivity index (χ2n) is 22.2. The van der Waals surface area contributed by atoms with E-state index in [4.69, 9.17) is 0 Å². The summed E-state index contributed by atoms with van der Waals surface area (Å²) in [6.45, 7) is 48.0. The Balaban J connectivity index is 2.25. The van der Waals surface area contributed by atoms with Crippen LogP contribution in [0.5, 0.6) is 17.2 Å². The first-order valence-corrected chi connectivity index (χ1v) is 26.5. The highest BCUT2D eigenvalue weighted by Gasteiger charge is 2.59. The minimum atomic E-state index is -0.748. The van der Waals surface area contributed by atoms with Gasteiger partial charge in [-0.25, -0.2) is 0 Å². The Hall–Kier alpha value is -3.10. The number of hydrogen-bond donors (Lipinski definition) is 4. The summed E-state index contributed by atoms with van der Waals surface area (Å²) in [6, 6.07) is 14.4. The first kappa shape index (κ1) is 55.5. The van der Waals surface area contributed by atoms with Crippen molar-refractivity contribution in [1.82, 2.24) is 20.0 Å². The normalized spacial score (nSPS) is 19.6. The van der Waals surface area contributed by atoms with Gasteiger partial charge in [-0.1, -0.05) is 115 Å². The second-order valence-corrected chi connectivity index (χ2v) is 22.2. The number of nitrogens with one attached hydrogen (secondary N) is 1. The van der Waals surface area contributed by atoms with Crippen molar-refractivity contribution in [1.29, 1.82) is 0 Å². The Kier molecular flexibility index (Phi) is 20.1. The molecule has 4 rings (SSSR count). The van der Waals surface area contributed by atoms with Gasteiger partial charge in [0.05, 0.1) is 0 Å². The van der Waals surface area contributed by atoms with Gasteiger partial charge in [0.2, 0.25) is 0 Å². The number of rotatable bonds is 27. The first-order valence-electron chi connectivity index (χ1n) is 26.5. The zero-order chi connectivity index (χ0) is 49.4. The SMILES string of the molecule is CCCC(Cc1cc(C(C)(c2cc(CN(CC)CC)c(O)c(CN(CC)C(C)C)c2)c2cc(CNCC)c(O)c(CC3(C)C(C)C3C(C)C)c2)cc(CN(CC)C(C)C)c1O)C(C)C(C)C. The fourth-order valence-corrected chi connectivity index (χ4v) is 11.8. The molecule has 7 heteroatoms. The van der Waals surface area contributed by atoms with Crippen molar-refractivity contribution in [3.8, 4) is 17.2 Å². The molecule has 0 aliphatic heterocycles. The second kappa shape index (κ2) is 24.0. The molecule has 66 heavy (non-hydrogen) atoms. The largest absolute Gasteiger partial charge is 0.507 e. The van der Waals surface area contributed by atoms with Crippen LogP contribution in [0.15, 0.2) is 36.4 Å². The average Bonchev–Trinajstić information content (AvgIpc) is 3.82. The maximum absolute atomic E-state index is 12.6. The van der Waals surface area contributed by atoms with Gasteiger partial charge in [-0.15, -0.1) is 0 Å². The summed E-state index contributed by atoms with van der Waals surface area (Å²) in [4.78, 5) is 7.27. The van der Waals surface area contributed by atoms with E-state index in [9.17, 15) is 15.3 Å². The molecule has 3 aromatic rings. The summed E-state index contributed by atoms with van der Waals surface area (Å²) < 4.78 is 0. The zero-order valence-corrected chi connectivity index (χ0v) is 45.5. The Morgan fingerprint density at radius 1 is 0.621 bits per heavy atom. The topological polar surface area (TPSA) is 82.4 Å². The maximum Gasteiger partial charge on any atom is 0.124 e. The molecule has 372 valence electrons. The van der Waals surface area contributed by atoms with Gasteiger partial charge < -0.3 is 20.6 Å². The summed E-state index contributed by atoms with van der Waals surface area (Å²) >= 11 is 0. The quantitative estimate of drug-likeness (QED) is 0.0567. The molecule has 1 aliphatic carbocycles. The lowest BCUT2D eigenvalue weighted by atomic mass is 9.68. The monoisotopic (exact) mass is 911 g/mol. The molecular weight excluding hydrogens is 813 g/mol. The van der Waals surface area contributed by atoms with E-state index in [2.05, 4.69) is 181 Å². The van der Waals surface area contributed by atoms with Crippen molar-refractivity contribution in [2.24, 2.45) is 40.9 Å². The molecule has 0 aromatic heterocycles. The highest BCUT2D eigenvalue weighted by Crippen LogP contribution is 2.64. The highest BCUT2D eigenvalue weighted by atomic mass is 16.3. The lowest BCUT2D eigenvalue weighted by Crippen LogP contribution is -2.32. The molecule has 6 unspecified atom stereocenters. The zero-order valence-electron chi connectivity index (χ0n) is 45.5. The number of nitrogens with zero attached hydrogens (tertiary/aromatic N) is 3. The van der Waals surface area contributed by atoms with E-state index in [0.717, 1.165) is 108 Å². The van der Waals surface area contributed by atoms with Crippen LogP contribution in [0.25, 0.3) is 0 Å². The molecule has 4 N–H and O–H groups in total. The number of benzene rings is 3. The van der Waals surface area contributed by atoms with Crippen LogP contribution < -0.4 is 5.32 Å². The van der Waals surface area contributed by atoms with E-state index in [1.165, 1.54) is 0 Å². The molecule has 7 nitrogen and oxygen atoms in total. The molecule has 1 aliphatic rings. The summed E-state index contributed by atoms with van der Waals surface area (Å²) in [5.41, 5.74) is 8.49. The predicted molar refractivity (Wildman–Crippen MR) is 282 cm³/mol. The summed E-state index contributed by atoms with van der Waals surface area (Å²) in [6.07, 6.45) is 3.81. The van der Waals surface area contributed by atoms with Crippen LogP contribution in [0.4, 0.5) is 0 Å². The molecule has 0 spiro atoms. The van der Waals surface area contributed by atoms with E-state index in [0.29, 0.717) is 91.0 Å². The molecular formula is C59H98N4O3. The average molecular weight is 911 g/mol. The van der Waals surface area contributed by atoms with E-state index < -0.39 is 5.41 Å². The maximum atomic E-state index is 12.6. The Morgan fingerprint density at radius 3 is 1.47 bits per heavy atom. The Labute approximate surface area is 405 Å². The van der Waals surface area contributed by atoms with Crippen LogP contribution in [0.1, 0.15) is 188 Å². The molecule has 0 amide bonds. The number of aromatic hydroxyl groups is 3. The molecule has 0 radical (unpaired) electrons.